The maximum absolute atomic E-state index is 11.8. The van der Waals surface area contributed by atoms with Crippen molar-refractivity contribution in [1.29, 1.82) is 0 Å². The van der Waals surface area contributed by atoms with Crippen LogP contribution >= 0.6 is 0 Å². The maximum atomic E-state index is 11.8. The van der Waals surface area contributed by atoms with Gasteiger partial charge in [-0.25, -0.2) is 16.9 Å². The Morgan fingerprint density at radius 2 is 1.58 bits per heavy atom. The number of hydrogen-bond donors (Lipinski definition) is 3. The van der Waals surface area contributed by atoms with Crippen molar-refractivity contribution in [2.24, 2.45) is 0 Å². The average molecular weight is 390 g/mol. The van der Waals surface area contributed by atoms with E-state index in [2.05, 4.69) is 11.8 Å². The number of benzene rings is 1. The Kier molecular flexibility index (Phi) is 7.91. The monoisotopic (exact) mass is 390 g/mol. The number of aromatic hydroxyl groups is 2. The van der Waals surface area contributed by atoms with Crippen LogP contribution in [0.4, 0.5) is 0 Å². The standard InChI is InChI=1S/C15H9O5.C5H5.Fe/c16-12(6-5-9-3-1-2-4-9)10-7-11(15(19)20)14(18)8-13(10)17;1-2-4-5-3-1;/h1-4,7-8,17-18H,(H,19,20);1-5H;/q2*-1;+2. The molecule has 132 valence electrons. The van der Waals surface area contributed by atoms with Gasteiger partial charge in [0.15, 0.2) is 0 Å². The number of rotatable bonds is 2. The number of carbonyl (C=O) groups excluding carboxylic acids is 1. The zero-order valence-corrected chi connectivity index (χ0v) is 14.5. The topological polar surface area (TPSA) is 94.8 Å². The molecule has 6 heteroatoms. The quantitative estimate of drug-likeness (QED) is 0.271. The number of carbonyl (C=O) groups is 2. The van der Waals surface area contributed by atoms with Crippen LogP contribution in [0, 0.1) is 11.8 Å². The van der Waals surface area contributed by atoms with E-state index >= 15 is 0 Å². The zero-order valence-electron chi connectivity index (χ0n) is 13.4. The third kappa shape index (κ3) is 5.67. The second-order valence-corrected chi connectivity index (χ2v) is 4.91. The minimum Gasteiger partial charge on any atom is -0.507 e. The van der Waals surface area contributed by atoms with Crippen LogP contribution in [-0.4, -0.2) is 27.1 Å². The summed E-state index contributed by atoms with van der Waals surface area (Å²) in [4.78, 5) is 22.7. The minimum atomic E-state index is -1.40. The summed E-state index contributed by atoms with van der Waals surface area (Å²) in [6, 6.07) is 18.6. The van der Waals surface area contributed by atoms with Gasteiger partial charge >= 0.3 is 23.0 Å². The molecule has 0 unspecified atom stereocenters. The molecule has 0 radical (unpaired) electrons. The number of hydrogen-bond acceptors (Lipinski definition) is 4. The summed E-state index contributed by atoms with van der Waals surface area (Å²) in [7, 11) is 0. The first-order valence-corrected chi connectivity index (χ1v) is 7.23. The molecule has 3 aromatic carbocycles. The van der Waals surface area contributed by atoms with Gasteiger partial charge in [0.05, 0.1) is 5.56 Å². The van der Waals surface area contributed by atoms with Crippen molar-refractivity contribution in [2.75, 3.05) is 0 Å². The largest absolute Gasteiger partial charge is 2.00 e. The van der Waals surface area contributed by atoms with E-state index in [1.54, 1.807) is 24.3 Å². The molecule has 0 aliphatic rings. The first-order chi connectivity index (χ1) is 12.0. The number of carboxylic acids is 1. The Labute approximate surface area is 160 Å². The van der Waals surface area contributed by atoms with E-state index in [0.29, 0.717) is 5.56 Å². The Morgan fingerprint density at radius 1 is 0.923 bits per heavy atom. The van der Waals surface area contributed by atoms with Crippen molar-refractivity contribution in [2.45, 2.75) is 0 Å². The normalized spacial score (nSPS) is 8.92. The second-order valence-electron chi connectivity index (χ2n) is 4.91. The first kappa shape index (κ1) is 20.8. The van der Waals surface area contributed by atoms with E-state index in [1.807, 2.05) is 30.3 Å². The Bertz CT molecular complexity index is 896. The molecule has 0 fully saturated rings. The summed E-state index contributed by atoms with van der Waals surface area (Å²) in [6.07, 6.45) is 0. The van der Waals surface area contributed by atoms with E-state index < -0.39 is 28.8 Å². The van der Waals surface area contributed by atoms with Gasteiger partial charge in [0.1, 0.15) is 17.1 Å². The van der Waals surface area contributed by atoms with Gasteiger partial charge in [0, 0.05) is 6.07 Å². The minimum absolute atomic E-state index is 0. The van der Waals surface area contributed by atoms with Crippen LogP contribution in [0.25, 0.3) is 0 Å². The molecule has 5 nitrogen and oxygen atoms in total. The number of phenolic OH excluding ortho intramolecular Hbond substituents is 1. The van der Waals surface area contributed by atoms with E-state index in [1.165, 1.54) is 0 Å². The molecular formula is C20H14FeO5. The smallest absolute Gasteiger partial charge is 0.507 e. The van der Waals surface area contributed by atoms with E-state index in [9.17, 15) is 19.8 Å². The van der Waals surface area contributed by atoms with Gasteiger partial charge in [0.2, 0.25) is 5.78 Å². The number of carboxylic acid groups (broad SMARTS) is 1. The van der Waals surface area contributed by atoms with Crippen LogP contribution in [0.2, 0.25) is 0 Å². The van der Waals surface area contributed by atoms with Gasteiger partial charge in [-0.2, -0.15) is 42.3 Å². The van der Waals surface area contributed by atoms with Gasteiger partial charge in [-0.05, 0) is 6.07 Å². The molecule has 3 N–H and O–H groups in total. The summed E-state index contributed by atoms with van der Waals surface area (Å²) in [5.74, 6) is 1.63. The van der Waals surface area contributed by atoms with Gasteiger partial charge in [-0.3, -0.25) is 4.79 Å². The van der Waals surface area contributed by atoms with E-state index in [-0.39, 0.29) is 22.6 Å². The second kappa shape index (κ2) is 9.90. The molecule has 3 aromatic rings. The molecule has 0 saturated heterocycles. The van der Waals surface area contributed by atoms with Crippen molar-refractivity contribution in [3.8, 4) is 23.3 Å². The van der Waals surface area contributed by atoms with Crippen molar-refractivity contribution >= 4 is 11.8 Å². The Morgan fingerprint density at radius 3 is 2.08 bits per heavy atom. The molecule has 0 bridgehead atoms. The molecule has 0 spiro atoms. The average Bonchev–Trinajstić information content (AvgIpc) is 3.28. The number of phenols is 2. The Hall–Kier alpha value is -3.26. The molecule has 0 aliphatic carbocycles. The maximum Gasteiger partial charge on any atom is 2.00 e. The van der Waals surface area contributed by atoms with Crippen LogP contribution in [-0.2, 0) is 17.1 Å². The first-order valence-electron chi connectivity index (χ1n) is 7.23. The summed E-state index contributed by atoms with van der Waals surface area (Å²) in [6.45, 7) is 0. The molecule has 26 heavy (non-hydrogen) atoms. The van der Waals surface area contributed by atoms with Gasteiger partial charge in [-0.1, -0.05) is 5.92 Å². The predicted octanol–water partition coefficient (Wildman–Crippen LogP) is 3.15. The Balaban J connectivity index is 0.000000486. The molecule has 0 atom stereocenters. The van der Waals surface area contributed by atoms with E-state index in [0.717, 1.165) is 12.1 Å². The summed E-state index contributed by atoms with van der Waals surface area (Å²) in [5.41, 5.74) is -0.101. The molecule has 0 amide bonds. The fourth-order valence-electron chi connectivity index (χ4n) is 1.90. The van der Waals surface area contributed by atoms with Crippen molar-refractivity contribution in [1.82, 2.24) is 0 Å². The van der Waals surface area contributed by atoms with Crippen LogP contribution in [0.15, 0.2) is 66.7 Å². The summed E-state index contributed by atoms with van der Waals surface area (Å²) in [5, 5.41) is 27.8. The predicted molar refractivity (Wildman–Crippen MR) is 92.0 cm³/mol. The molecule has 3 rings (SSSR count). The van der Waals surface area contributed by atoms with Crippen molar-refractivity contribution in [3.63, 3.8) is 0 Å². The van der Waals surface area contributed by atoms with E-state index in [4.69, 9.17) is 5.11 Å². The number of Topliss-reactive ketones (excluding diaryl/α,β-unsaturated/α-hetero) is 1. The summed E-state index contributed by atoms with van der Waals surface area (Å²) >= 11 is 0. The molecule has 0 aromatic heterocycles. The summed E-state index contributed by atoms with van der Waals surface area (Å²) < 4.78 is 0. The van der Waals surface area contributed by atoms with Crippen molar-refractivity contribution in [3.05, 3.63) is 83.4 Å². The number of aromatic carboxylic acids is 1. The fourth-order valence-corrected chi connectivity index (χ4v) is 1.90. The molecule has 0 aliphatic heterocycles. The SMILES string of the molecule is O=C(O)c1cc(C(=O)C#Cc2ccc[cH-]2)c(O)cc1O.[Fe+2].c1cc[cH-]c1. The van der Waals surface area contributed by atoms with Crippen molar-refractivity contribution < 1.29 is 42.0 Å². The van der Waals surface area contributed by atoms with Crippen LogP contribution in [0.3, 0.4) is 0 Å². The van der Waals surface area contributed by atoms with Gasteiger partial charge < -0.3 is 15.3 Å². The molecule has 0 heterocycles. The molecular weight excluding hydrogens is 376 g/mol. The van der Waals surface area contributed by atoms with Gasteiger partial charge in [-0.15, -0.1) is 11.6 Å². The van der Waals surface area contributed by atoms with Crippen LogP contribution < -0.4 is 0 Å². The van der Waals surface area contributed by atoms with Crippen LogP contribution in [0.5, 0.6) is 11.5 Å². The third-order valence-electron chi connectivity index (χ3n) is 3.13. The van der Waals surface area contributed by atoms with Crippen LogP contribution in [0.1, 0.15) is 26.3 Å². The fraction of sp³-hybridized carbons (Fsp3) is 0. The zero-order chi connectivity index (χ0) is 18.2. The number of ketones is 1. The van der Waals surface area contributed by atoms with Gasteiger partial charge in [0.25, 0.3) is 0 Å². The molecule has 0 saturated carbocycles. The third-order valence-corrected chi connectivity index (χ3v) is 3.13.